The lowest BCUT2D eigenvalue weighted by Gasteiger charge is -2.24. The maximum Gasteiger partial charge on any atom is 0.252 e. The predicted molar refractivity (Wildman–Crippen MR) is 112 cm³/mol. The number of methoxy groups -OCH3 is 1. The van der Waals surface area contributed by atoms with Crippen LogP contribution >= 0.6 is 11.8 Å². The molecular weight excluding hydrogens is 415 g/mol. The number of nitrogens with zero attached hydrogens (tertiary/aromatic N) is 2. The van der Waals surface area contributed by atoms with Crippen molar-refractivity contribution in [1.82, 2.24) is 0 Å². The van der Waals surface area contributed by atoms with E-state index in [0.717, 1.165) is 0 Å². The van der Waals surface area contributed by atoms with E-state index in [2.05, 4.69) is 4.99 Å². The number of sulfone groups is 1. The molecular formula is C20H19FN2O4S2. The molecule has 2 atom stereocenters. The zero-order valence-electron chi connectivity index (χ0n) is 15.6. The molecule has 2 aliphatic rings. The Morgan fingerprint density at radius 2 is 2.03 bits per heavy atom. The highest BCUT2D eigenvalue weighted by atomic mass is 32.2. The second kappa shape index (κ2) is 7.79. The summed E-state index contributed by atoms with van der Waals surface area (Å²) in [6.07, 6.45) is 0.0543. The van der Waals surface area contributed by atoms with Crippen LogP contribution in [0, 0.1) is 5.82 Å². The van der Waals surface area contributed by atoms with Gasteiger partial charge in [0.1, 0.15) is 11.6 Å². The maximum atomic E-state index is 13.8. The van der Waals surface area contributed by atoms with Crippen LogP contribution in [-0.2, 0) is 21.1 Å². The SMILES string of the molecule is COc1ccccc1CC(=O)N=C1S[C@H]2CS(=O)(=O)C[C@H]2N1c1cccc(F)c1. The third-order valence-electron chi connectivity index (χ3n) is 4.91. The molecule has 2 fully saturated rings. The fourth-order valence-corrected chi connectivity index (χ4v) is 7.58. The van der Waals surface area contributed by atoms with Gasteiger partial charge in [-0.2, -0.15) is 4.99 Å². The van der Waals surface area contributed by atoms with Crippen LogP contribution in [0.1, 0.15) is 5.56 Å². The number of fused-ring (bicyclic) bond motifs is 1. The molecule has 0 N–H and O–H groups in total. The van der Waals surface area contributed by atoms with Crippen molar-refractivity contribution >= 4 is 38.4 Å². The summed E-state index contributed by atoms with van der Waals surface area (Å²) in [5.74, 6) is -0.225. The minimum atomic E-state index is -3.18. The van der Waals surface area contributed by atoms with Crippen molar-refractivity contribution in [3.63, 3.8) is 0 Å². The van der Waals surface area contributed by atoms with Gasteiger partial charge in [-0.3, -0.25) is 4.79 Å². The summed E-state index contributed by atoms with van der Waals surface area (Å²) in [4.78, 5) is 18.6. The number of carbonyl (C=O) groups is 1. The van der Waals surface area contributed by atoms with Crippen LogP contribution in [-0.4, -0.2) is 49.4 Å². The van der Waals surface area contributed by atoms with Gasteiger partial charge in [0.2, 0.25) is 0 Å². The minimum absolute atomic E-state index is 0.0217. The molecule has 2 heterocycles. The Kier molecular flexibility index (Phi) is 5.35. The third-order valence-corrected chi connectivity index (χ3v) is 8.12. The molecule has 0 aromatic heterocycles. The largest absolute Gasteiger partial charge is 0.496 e. The zero-order valence-corrected chi connectivity index (χ0v) is 17.2. The number of anilines is 1. The molecule has 2 aromatic carbocycles. The van der Waals surface area contributed by atoms with Gasteiger partial charge in [0.15, 0.2) is 15.0 Å². The van der Waals surface area contributed by atoms with Crippen LogP contribution in [0.25, 0.3) is 0 Å². The lowest BCUT2D eigenvalue weighted by Crippen LogP contribution is -2.37. The number of halogens is 1. The van der Waals surface area contributed by atoms with Crippen LogP contribution in [0.2, 0.25) is 0 Å². The van der Waals surface area contributed by atoms with Crippen molar-refractivity contribution in [1.29, 1.82) is 0 Å². The molecule has 0 saturated carbocycles. The Morgan fingerprint density at radius 1 is 1.24 bits per heavy atom. The second-order valence-corrected chi connectivity index (χ2v) is 10.3. The Bertz CT molecular complexity index is 1090. The van der Waals surface area contributed by atoms with E-state index in [1.165, 1.54) is 31.0 Å². The first-order valence-corrected chi connectivity index (χ1v) is 11.7. The number of amidine groups is 1. The lowest BCUT2D eigenvalue weighted by atomic mass is 10.1. The normalized spacial score (nSPS) is 23.9. The standard InChI is InChI=1S/C20H19FN2O4S2/c1-27-17-8-3-2-5-13(17)9-19(24)22-20-23(15-7-4-6-14(21)10-15)16-11-29(25,26)12-18(16)28-20/h2-8,10,16,18H,9,11-12H2,1H3/t16-,18+/m1/s1. The third kappa shape index (κ3) is 4.16. The predicted octanol–water partition coefficient (Wildman–Crippen LogP) is 2.68. The number of ether oxygens (including phenoxy) is 1. The lowest BCUT2D eigenvalue weighted by molar-refractivity contribution is -0.117. The quantitative estimate of drug-likeness (QED) is 0.737. The van der Waals surface area contributed by atoms with Gasteiger partial charge in [0.25, 0.3) is 5.91 Å². The van der Waals surface area contributed by atoms with E-state index in [-0.39, 0.29) is 35.1 Å². The molecule has 29 heavy (non-hydrogen) atoms. The number of benzene rings is 2. The summed E-state index contributed by atoms with van der Waals surface area (Å²) in [7, 11) is -1.64. The van der Waals surface area contributed by atoms with E-state index in [4.69, 9.17) is 4.74 Å². The zero-order chi connectivity index (χ0) is 20.6. The number of hydrogen-bond acceptors (Lipinski definition) is 5. The Morgan fingerprint density at radius 3 is 2.79 bits per heavy atom. The monoisotopic (exact) mass is 434 g/mol. The van der Waals surface area contributed by atoms with Gasteiger partial charge in [-0.1, -0.05) is 36.0 Å². The fraction of sp³-hybridized carbons (Fsp3) is 0.300. The van der Waals surface area contributed by atoms with Gasteiger partial charge >= 0.3 is 0 Å². The first-order valence-electron chi connectivity index (χ1n) is 9.01. The van der Waals surface area contributed by atoms with Gasteiger partial charge in [-0.05, 0) is 24.3 Å². The Balaban J connectivity index is 1.65. The molecule has 2 aliphatic heterocycles. The van der Waals surface area contributed by atoms with Crippen LogP contribution in [0.3, 0.4) is 0 Å². The summed E-state index contributed by atoms with van der Waals surface area (Å²) in [5.41, 5.74) is 1.21. The average Bonchev–Trinajstić information content (AvgIpc) is 3.12. The van der Waals surface area contributed by atoms with Crippen LogP contribution in [0.4, 0.5) is 10.1 Å². The van der Waals surface area contributed by atoms with Crippen LogP contribution in [0.5, 0.6) is 5.75 Å². The van der Waals surface area contributed by atoms with E-state index in [1.807, 2.05) is 12.1 Å². The number of rotatable bonds is 4. The molecule has 2 aromatic rings. The molecule has 4 rings (SSSR count). The molecule has 0 aliphatic carbocycles. The molecule has 0 bridgehead atoms. The molecule has 2 saturated heterocycles. The van der Waals surface area contributed by atoms with Crippen molar-refractivity contribution in [3.8, 4) is 5.75 Å². The average molecular weight is 435 g/mol. The summed E-state index contributed by atoms with van der Waals surface area (Å²) >= 11 is 1.26. The molecule has 0 radical (unpaired) electrons. The fourth-order valence-electron chi connectivity index (χ4n) is 3.65. The molecule has 1 amide bonds. The Labute approximate surface area is 172 Å². The molecule has 152 valence electrons. The number of amides is 1. The van der Waals surface area contributed by atoms with Crippen molar-refractivity contribution in [2.24, 2.45) is 4.99 Å². The molecule has 9 heteroatoms. The number of aliphatic imine (C=N–C) groups is 1. The first-order chi connectivity index (χ1) is 13.9. The number of hydrogen-bond donors (Lipinski definition) is 0. The van der Waals surface area contributed by atoms with Crippen LogP contribution < -0.4 is 9.64 Å². The van der Waals surface area contributed by atoms with E-state index in [1.54, 1.807) is 29.2 Å². The van der Waals surface area contributed by atoms with Crippen LogP contribution in [0.15, 0.2) is 53.5 Å². The van der Waals surface area contributed by atoms with Crippen molar-refractivity contribution in [2.75, 3.05) is 23.5 Å². The summed E-state index contributed by atoms with van der Waals surface area (Å²) in [5, 5.41) is 0.168. The minimum Gasteiger partial charge on any atom is -0.496 e. The van der Waals surface area contributed by atoms with E-state index < -0.39 is 15.7 Å². The smallest absolute Gasteiger partial charge is 0.252 e. The number of thioether (sulfide) groups is 1. The molecule has 0 unspecified atom stereocenters. The summed E-state index contributed by atoms with van der Waals surface area (Å²) < 4.78 is 43.3. The van der Waals surface area contributed by atoms with Crippen molar-refractivity contribution in [2.45, 2.75) is 17.7 Å². The van der Waals surface area contributed by atoms with E-state index in [0.29, 0.717) is 22.2 Å². The van der Waals surface area contributed by atoms with E-state index in [9.17, 15) is 17.6 Å². The number of para-hydroxylation sites is 1. The van der Waals surface area contributed by atoms with Gasteiger partial charge in [0, 0.05) is 16.5 Å². The summed E-state index contributed by atoms with van der Waals surface area (Å²) in [6.45, 7) is 0. The maximum absolute atomic E-state index is 13.8. The highest BCUT2D eigenvalue weighted by Crippen LogP contribution is 2.41. The summed E-state index contributed by atoms with van der Waals surface area (Å²) in [6, 6.07) is 12.7. The van der Waals surface area contributed by atoms with Gasteiger partial charge in [-0.25, -0.2) is 12.8 Å². The molecule has 0 spiro atoms. The van der Waals surface area contributed by atoms with Gasteiger partial charge in [0.05, 0.1) is 31.1 Å². The highest BCUT2D eigenvalue weighted by molar-refractivity contribution is 8.16. The first kappa shape index (κ1) is 19.9. The Hall–Kier alpha value is -2.39. The van der Waals surface area contributed by atoms with Gasteiger partial charge < -0.3 is 9.64 Å². The van der Waals surface area contributed by atoms with Crippen molar-refractivity contribution < 1.29 is 22.3 Å². The topological polar surface area (TPSA) is 76.0 Å². The second-order valence-electron chi connectivity index (χ2n) is 6.93. The van der Waals surface area contributed by atoms with E-state index >= 15 is 0 Å². The van der Waals surface area contributed by atoms with Crippen molar-refractivity contribution in [3.05, 3.63) is 59.9 Å². The van der Waals surface area contributed by atoms with Gasteiger partial charge in [-0.15, -0.1) is 0 Å². The molecule has 6 nitrogen and oxygen atoms in total. The number of carbonyl (C=O) groups excluding carboxylic acids is 1. The highest BCUT2D eigenvalue weighted by Gasteiger charge is 2.49.